The molecule has 0 aliphatic rings. The van der Waals surface area contributed by atoms with Crippen LogP contribution in [0.5, 0.6) is 0 Å². The summed E-state index contributed by atoms with van der Waals surface area (Å²) in [5, 5.41) is 1.23. The van der Waals surface area contributed by atoms with Crippen molar-refractivity contribution >= 4 is 29.1 Å². The molecule has 2 aromatic rings. The Morgan fingerprint density at radius 2 is 1.64 bits per heavy atom. The van der Waals surface area contributed by atoms with Crippen LogP contribution in [0.15, 0.2) is 48.5 Å². The summed E-state index contributed by atoms with van der Waals surface area (Å²) in [5.41, 5.74) is 1.98. The Morgan fingerprint density at radius 1 is 1.00 bits per heavy atom. The van der Waals surface area contributed by atoms with Crippen LogP contribution in [0.2, 0.25) is 10.0 Å². The quantitative estimate of drug-likeness (QED) is 0.729. The molecule has 0 saturated carbocycles. The fourth-order valence-electron chi connectivity index (χ4n) is 2.34. The molecule has 2 nitrogen and oxygen atoms in total. The topological polar surface area (TPSA) is 20.3 Å². The largest absolute Gasteiger partial charge is 0.339 e. The molecular weight excluding hydrogens is 317 g/mol. The molecule has 0 radical (unpaired) electrons. The molecule has 0 unspecified atom stereocenters. The third-order valence-electron chi connectivity index (χ3n) is 3.60. The van der Waals surface area contributed by atoms with Gasteiger partial charge in [-0.15, -0.1) is 0 Å². The molecule has 1 amide bonds. The summed E-state index contributed by atoms with van der Waals surface area (Å²) in [6.07, 6.45) is 0.965. The number of amides is 1. The lowest BCUT2D eigenvalue weighted by Gasteiger charge is -2.21. The zero-order valence-corrected chi connectivity index (χ0v) is 14.1. The molecule has 0 aromatic heterocycles. The minimum Gasteiger partial charge on any atom is -0.339 e. The highest BCUT2D eigenvalue weighted by Gasteiger charge is 2.14. The minimum absolute atomic E-state index is 0.113. The predicted octanol–water partition coefficient (Wildman–Crippen LogP) is 4.97. The van der Waals surface area contributed by atoms with Gasteiger partial charge in [-0.25, -0.2) is 0 Å². The number of carbonyl (C=O) groups excluding carboxylic acids is 1. The van der Waals surface area contributed by atoms with Crippen molar-refractivity contribution in [1.82, 2.24) is 4.90 Å². The summed E-state index contributed by atoms with van der Waals surface area (Å²) in [5.74, 6) is 0.113. The third-order valence-corrected chi connectivity index (χ3v) is 4.31. The Balaban J connectivity index is 1.98. The van der Waals surface area contributed by atoms with Crippen molar-refractivity contribution in [3.8, 4) is 0 Å². The number of carbonyl (C=O) groups is 1. The van der Waals surface area contributed by atoms with Gasteiger partial charge in [0.1, 0.15) is 0 Å². The van der Waals surface area contributed by atoms with Crippen LogP contribution in [0, 0.1) is 0 Å². The monoisotopic (exact) mass is 335 g/mol. The van der Waals surface area contributed by atoms with E-state index in [4.69, 9.17) is 23.2 Å². The standard InChI is InChI=1S/C18H19Cl2NO/c1-2-21(13-14-7-4-3-5-8-14)18(22)12-11-15-16(19)9-6-10-17(15)20/h3-10H,2,11-13H2,1H3. The molecule has 4 heteroatoms. The first-order chi connectivity index (χ1) is 10.6. The fraction of sp³-hybridized carbons (Fsp3) is 0.278. The van der Waals surface area contributed by atoms with Crippen LogP contribution in [-0.4, -0.2) is 17.4 Å². The lowest BCUT2D eigenvalue weighted by Crippen LogP contribution is -2.30. The molecule has 2 aromatic carbocycles. The van der Waals surface area contributed by atoms with Crippen LogP contribution in [0.4, 0.5) is 0 Å². The first-order valence-corrected chi connectivity index (χ1v) is 8.12. The number of hydrogen-bond acceptors (Lipinski definition) is 1. The molecule has 0 aliphatic carbocycles. The van der Waals surface area contributed by atoms with E-state index < -0.39 is 0 Å². The van der Waals surface area contributed by atoms with Crippen LogP contribution in [-0.2, 0) is 17.8 Å². The molecule has 22 heavy (non-hydrogen) atoms. The van der Waals surface area contributed by atoms with E-state index in [1.54, 1.807) is 12.1 Å². The second kappa shape index (κ2) is 8.21. The number of hydrogen-bond donors (Lipinski definition) is 0. The van der Waals surface area contributed by atoms with E-state index in [1.807, 2.05) is 48.2 Å². The van der Waals surface area contributed by atoms with Gasteiger partial charge in [-0.2, -0.15) is 0 Å². The van der Waals surface area contributed by atoms with Crippen LogP contribution in [0.3, 0.4) is 0 Å². The van der Waals surface area contributed by atoms with Crippen LogP contribution < -0.4 is 0 Å². The maximum atomic E-state index is 12.4. The number of nitrogens with zero attached hydrogens (tertiary/aromatic N) is 1. The molecule has 0 bridgehead atoms. The number of rotatable bonds is 6. The van der Waals surface area contributed by atoms with Crippen molar-refractivity contribution in [2.24, 2.45) is 0 Å². The van der Waals surface area contributed by atoms with Crippen LogP contribution >= 0.6 is 23.2 Å². The average molecular weight is 336 g/mol. The first-order valence-electron chi connectivity index (χ1n) is 7.36. The molecule has 0 aliphatic heterocycles. The Hall–Kier alpha value is -1.51. The summed E-state index contributed by atoms with van der Waals surface area (Å²) in [7, 11) is 0. The van der Waals surface area contributed by atoms with E-state index in [-0.39, 0.29) is 5.91 Å². The second-order valence-electron chi connectivity index (χ2n) is 5.09. The summed E-state index contributed by atoms with van der Waals surface area (Å²) >= 11 is 12.3. The average Bonchev–Trinajstić information content (AvgIpc) is 2.53. The van der Waals surface area contributed by atoms with E-state index >= 15 is 0 Å². The number of benzene rings is 2. The number of halogens is 2. The van der Waals surface area contributed by atoms with Gasteiger partial charge < -0.3 is 4.90 Å². The minimum atomic E-state index is 0.113. The molecule has 0 N–H and O–H groups in total. The van der Waals surface area contributed by atoms with Gasteiger partial charge in [0.2, 0.25) is 5.91 Å². The highest BCUT2D eigenvalue weighted by Crippen LogP contribution is 2.25. The molecule has 0 fully saturated rings. The smallest absolute Gasteiger partial charge is 0.223 e. The second-order valence-corrected chi connectivity index (χ2v) is 5.91. The van der Waals surface area contributed by atoms with Gasteiger partial charge in [-0.05, 0) is 36.6 Å². The summed E-state index contributed by atoms with van der Waals surface area (Å²) in [6, 6.07) is 15.4. The van der Waals surface area contributed by atoms with Crippen molar-refractivity contribution in [3.05, 3.63) is 69.7 Å². The summed E-state index contributed by atoms with van der Waals surface area (Å²) < 4.78 is 0. The van der Waals surface area contributed by atoms with Crippen molar-refractivity contribution in [2.75, 3.05) is 6.54 Å². The predicted molar refractivity (Wildman–Crippen MR) is 92.3 cm³/mol. The highest BCUT2D eigenvalue weighted by molar-refractivity contribution is 6.36. The van der Waals surface area contributed by atoms with E-state index in [0.29, 0.717) is 36.0 Å². The van der Waals surface area contributed by atoms with Gasteiger partial charge in [0.15, 0.2) is 0 Å². The van der Waals surface area contributed by atoms with Gasteiger partial charge in [0, 0.05) is 29.6 Å². The third kappa shape index (κ3) is 4.49. The molecule has 2 rings (SSSR count). The van der Waals surface area contributed by atoms with E-state index in [2.05, 4.69) is 0 Å². The zero-order valence-electron chi connectivity index (χ0n) is 12.6. The molecule has 0 spiro atoms. The van der Waals surface area contributed by atoms with Crippen molar-refractivity contribution in [2.45, 2.75) is 26.3 Å². The van der Waals surface area contributed by atoms with Gasteiger partial charge in [-0.1, -0.05) is 59.6 Å². The highest BCUT2D eigenvalue weighted by atomic mass is 35.5. The Kier molecular flexibility index (Phi) is 6.29. The molecule has 0 heterocycles. The van der Waals surface area contributed by atoms with E-state index in [9.17, 15) is 4.79 Å². The Morgan fingerprint density at radius 3 is 2.23 bits per heavy atom. The molecular formula is C18H19Cl2NO. The first kappa shape index (κ1) is 16.9. The van der Waals surface area contributed by atoms with Crippen molar-refractivity contribution < 1.29 is 4.79 Å². The molecule has 116 valence electrons. The molecule has 0 saturated heterocycles. The van der Waals surface area contributed by atoms with Gasteiger partial charge in [0.05, 0.1) is 0 Å². The lowest BCUT2D eigenvalue weighted by atomic mass is 10.1. The van der Waals surface area contributed by atoms with Gasteiger partial charge in [0.25, 0.3) is 0 Å². The van der Waals surface area contributed by atoms with Crippen molar-refractivity contribution in [3.63, 3.8) is 0 Å². The van der Waals surface area contributed by atoms with E-state index in [0.717, 1.165) is 11.1 Å². The van der Waals surface area contributed by atoms with Crippen LogP contribution in [0.1, 0.15) is 24.5 Å². The van der Waals surface area contributed by atoms with Crippen LogP contribution in [0.25, 0.3) is 0 Å². The lowest BCUT2D eigenvalue weighted by molar-refractivity contribution is -0.131. The normalized spacial score (nSPS) is 10.5. The fourth-order valence-corrected chi connectivity index (χ4v) is 2.93. The van der Waals surface area contributed by atoms with Gasteiger partial charge in [-0.3, -0.25) is 4.79 Å². The maximum Gasteiger partial charge on any atom is 0.223 e. The SMILES string of the molecule is CCN(Cc1ccccc1)C(=O)CCc1c(Cl)cccc1Cl. The summed E-state index contributed by atoms with van der Waals surface area (Å²) in [4.78, 5) is 14.3. The van der Waals surface area contributed by atoms with E-state index in [1.165, 1.54) is 0 Å². The summed E-state index contributed by atoms with van der Waals surface area (Å²) in [6.45, 7) is 3.31. The molecule has 0 atom stereocenters. The Bertz CT molecular complexity index is 608. The zero-order chi connectivity index (χ0) is 15.9. The van der Waals surface area contributed by atoms with Gasteiger partial charge >= 0.3 is 0 Å². The maximum absolute atomic E-state index is 12.4. The van der Waals surface area contributed by atoms with Crippen molar-refractivity contribution in [1.29, 1.82) is 0 Å². The Labute approximate surface area is 141 Å².